The summed E-state index contributed by atoms with van der Waals surface area (Å²) in [4.78, 5) is 0. The van der Waals surface area contributed by atoms with Gasteiger partial charge in [0.25, 0.3) is 0 Å². The van der Waals surface area contributed by atoms with Crippen molar-refractivity contribution in [1.82, 2.24) is 0 Å². The van der Waals surface area contributed by atoms with Crippen LogP contribution in [0.2, 0.25) is 0 Å². The van der Waals surface area contributed by atoms with E-state index in [2.05, 4.69) is 55.1 Å². The Kier molecular flexibility index (Phi) is 4.96. The molecule has 2 rings (SSSR count). The number of aryl methyl sites for hydroxylation is 2. The average molecular weight is 256 g/mol. The highest BCUT2D eigenvalue weighted by molar-refractivity contribution is 5.27. The lowest BCUT2D eigenvalue weighted by atomic mass is 10.2. The topological polar surface area (TPSA) is 13.1 Å². The fourth-order valence-electron chi connectivity index (χ4n) is 2.07. The summed E-state index contributed by atoms with van der Waals surface area (Å²) in [6.07, 6.45) is 6.61. The van der Waals surface area contributed by atoms with Gasteiger partial charge in [0, 0.05) is 12.1 Å². The average Bonchev–Trinajstić information content (AvgIpc) is 2.41. The van der Waals surface area contributed by atoms with Crippen molar-refractivity contribution in [3.05, 3.63) is 59.9 Å². The molecule has 0 aliphatic carbocycles. The van der Waals surface area contributed by atoms with Crippen LogP contribution in [0.5, 0.6) is 5.75 Å². The summed E-state index contributed by atoms with van der Waals surface area (Å²) in [7, 11) is 0. The monoisotopic (exact) mass is 256 g/mol. The Bertz CT molecular complexity index is 505. The van der Waals surface area contributed by atoms with Crippen LogP contribution in [0.1, 0.15) is 24.5 Å². The molecule has 0 saturated heterocycles. The first-order valence-corrected chi connectivity index (χ1v) is 6.95. The van der Waals surface area contributed by atoms with Gasteiger partial charge in [0.15, 0.2) is 18.9 Å². The number of ether oxygens (including phenoxy) is 1. The maximum absolute atomic E-state index is 5.75. The van der Waals surface area contributed by atoms with Crippen LogP contribution in [-0.2, 0) is 13.0 Å². The molecule has 0 saturated carbocycles. The van der Waals surface area contributed by atoms with Crippen LogP contribution in [0.3, 0.4) is 0 Å². The summed E-state index contributed by atoms with van der Waals surface area (Å²) < 4.78 is 7.91. The third kappa shape index (κ3) is 4.40. The van der Waals surface area contributed by atoms with E-state index in [1.165, 1.54) is 17.5 Å². The minimum atomic E-state index is 0.696. The molecule has 2 heteroatoms. The van der Waals surface area contributed by atoms with Gasteiger partial charge in [-0.3, -0.25) is 0 Å². The molecule has 1 aromatic heterocycles. The normalized spacial score (nSPS) is 10.4. The van der Waals surface area contributed by atoms with Crippen LogP contribution in [0, 0.1) is 6.92 Å². The first kappa shape index (κ1) is 13.6. The zero-order valence-electron chi connectivity index (χ0n) is 11.8. The molecule has 0 fully saturated rings. The molecule has 19 heavy (non-hydrogen) atoms. The number of pyridine rings is 1. The lowest BCUT2D eigenvalue weighted by molar-refractivity contribution is -0.697. The van der Waals surface area contributed by atoms with Crippen molar-refractivity contribution < 1.29 is 9.30 Å². The van der Waals surface area contributed by atoms with Crippen LogP contribution in [-0.4, -0.2) is 6.61 Å². The molecule has 0 bridgehead atoms. The van der Waals surface area contributed by atoms with E-state index in [-0.39, 0.29) is 0 Å². The fourth-order valence-corrected chi connectivity index (χ4v) is 2.07. The Morgan fingerprint density at radius 1 is 1.11 bits per heavy atom. The number of hydrogen-bond acceptors (Lipinski definition) is 1. The van der Waals surface area contributed by atoms with E-state index >= 15 is 0 Å². The highest BCUT2D eigenvalue weighted by Gasteiger charge is 2.01. The molecule has 0 atom stereocenters. The zero-order chi connectivity index (χ0) is 13.5. The van der Waals surface area contributed by atoms with E-state index in [1.54, 1.807) is 0 Å². The standard InChI is InChI=1S/C17H22NO/c1-3-5-16-8-10-18(11-9-16)12-13-19-17-7-4-6-15(2)14-17/h4,6-11,14H,3,5,12-13H2,1-2H3/q+1. The molecule has 0 aliphatic heterocycles. The summed E-state index contributed by atoms with van der Waals surface area (Å²) in [5, 5.41) is 0. The Morgan fingerprint density at radius 3 is 2.58 bits per heavy atom. The molecule has 1 heterocycles. The third-order valence-corrected chi connectivity index (χ3v) is 3.11. The Balaban J connectivity index is 1.82. The van der Waals surface area contributed by atoms with Gasteiger partial charge in [0.1, 0.15) is 12.4 Å². The molecule has 0 radical (unpaired) electrons. The summed E-state index contributed by atoms with van der Waals surface area (Å²) in [5.41, 5.74) is 2.63. The van der Waals surface area contributed by atoms with Gasteiger partial charge in [0.2, 0.25) is 0 Å². The molecule has 0 N–H and O–H groups in total. The molecule has 0 spiro atoms. The Morgan fingerprint density at radius 2 is 1.89 bits per heavy atom. The lowest BCUT2D eigenvalue weighted by Crippen LogP contribution is -2.35. The van der Waals surface area contributed by atoms with Crippen molar-refractivity contribution in [3.63, 3.8) is 0 Å². The number of benzene rings is 1. The van der Waals surface area contributed by atoms with E-state index in [0.29, 0.717) is 6.61 Å². The molecule has 0 unspecified atom stereocenters. The van der Waals surface area contributed by atoms with Crippen molar-refractivity contribution in [2.24, 2.45) is 0 Å². The molecule has 100 valence electrons. The molecular weight excluding hydrogens is 234 g/mol. The molecule has 0 amide bonds. The van der Waals surface area contributed by atoms with Crippen LogP contribution >= 0.6 is 0 Å². The number of nitrogens with zero attached hydrogens (tertiary/aromatic N) is 1. The highest BCUT2D eigenvalue weighted by atomic mass is 16.5. The molecule has 0 aliphatic rings. The second-order valence-corrected chi connectivity index (χ2v) is 4.86. The van der Waals surface area contributed by atoms with Gasteiger partial charge >= 0.3 is 0 Å². The van der Waals surface area contributed by atoms with Gasteiger partial charge in [0.05, 0.1) is 0 Å². The van der Waals surface area contributed by atoms with E-state index in [0.717, 1.165) is 18.7 Å². The van der Waals surface area contributed by atoms with Gasteiger partial charge in [-0.05, 0) is 36.6 Å². The molecular formula is C17H22NO+. The van der Waals surface area contributed by atoms with Crippen molar-refractivity contribution >= 4 is 0 Å². The quantitative estimate of drug-likeness (QED) is 0.723. The second kappa shape index (κ2) is 6.93. The van der Waals surface area contributed by atoms with Gasteiger partial charge in [-0.2, -0.15) is 0 Å². The number of hydrogen-bond donors (Lipinski definition) is 0. The predicted octanol–water partition coefficient (Wildman–Crippen LogP) is 3.31. The van der Waals surface area contributed by atoms with Gasteiger partial charge in [-0.1, -0.05) is 25.5 Å². The minimum absolute atomic E-state index is 0.696. The van der Waals surface area contributed by atoms with Crippen molar-refractivity contribution in [2.75, 3.05) is 6.61 Å². The zero-order valence-corrected chi connectivity index (χ0v) is 11.8. The van der Waals surface area contributed by atoms with E-state index < -0.39 is 0 Å². The minimum Gasteiger partial charge on any atom is -0.487 e. The summed E-state index contributed by atoms with van der Waals surface area (Å²) in [6.45, 7) is 5.85. The van der Waals surface area contributed by atoms with E-state index in [1.807, 2.05) is 12.1 Å². The molecule has 2 nitrogen and oxygen atoms in total. The van der Waals surface area contributed by atoms with E-state index in [9.17, 15) is 0 Å². The van der Waals surface area contributed by atoms with Crippen LogP contribution in [0.25, 0.3) is 0 Å². The maximum atomic E-state index is 5.75. The molecule has 2 aromatic rings. The smallest absolute Gasteiger partial charge is 0.182 e. The van der Waals surface area contributed by atoms with Crippen LogP contribution in [0.4, 0.5) is 0 Å². The summed E-state index contributed by atoms with van der Waals surface area (Å²) in [5.74, 6) is 0.947. The van der Waals surface area contributed by atoms with Gasteiger partial charge in [-0.15, -0.1) is 0 Å². The lowest BCUT2D eigenvalue weighted by Gasteiger charge is -2.05. The van der Waals surface area contributed by atoms with Gasteiger partial charge in [-0.25, -0.2) is 4.57 Å². The predicted molar refractivity (Wildman–Crippen MR) is 77.3 cm³/mol. The Hall–Kier alpha value is -1.83. The van der Waals surface area contributed by atoms with Crippen molar-refractivity contribution in [3.8, 4) is 5.75 Å². The number of aromatic nitrogens is 1. The second-order valence-electron chi connectivity index (χ2n) is 4.86. The Labute approximate surface area is 115 Å². The largest absolute Gasteiger partial charge is 0.487 e. The fraction of sp³-hybridized carbons (Fsp3) is 0.353. The van der Waals surface area contributed by atoms with Crippen LogP contribution < -0.4 is 9.30 Å². The maximum Gasteiger partial charge on any atom is 0.182 e. The number of rotatable bonds is 6. The van der Waals surface area contributed by atoms with Gasteiger partial charge < -0.3 is 4.74 Å². The summed E-state index contributed by atoms with van der Waals surface area (Å²) in [6, 6.07) is 12.6. The van der Waals surface area contributed by atoms with Crippen molar-refractivity contribution in [2.45, 2.75) is 33.2 Å². The van der Waals surface area contributed by atoms with E-state index in [4.69, 9.17) is 4.74 Å². The first-order valence-electron chi connectivity index (χ1n) is 6.95. The summed E-state index contributed by atoms with van der Waals surface area (Å²) >= 11 is 0. The van der Waals surface area contributed by atoms with Crippen LogP contribution in [0.15, 0.2) is 48.8 Å². The highest BCUT2D eigenvalue weighted by Crippen LogP contribution is 2.11. The first-order chi connectivity index (χ1) is 9.28. The van der Waals surface area contributed by atoms with Crippen molar-refractivity contribution in [1.29, 1.82) is 0 Å². The third-order valence-electron chi connectivity index (χ3n) is 3.11. The SMILES string of the molecule is CCCc1cc[n+](CCOc2cccc(C)c2)cc1. The molecule has 1 aromatic carbocycles.